The summed E-state index contributed by atoms with van der Waals surface area (Å²) in [5, 5.41) is 77.9. The number of pyridine rings is 1. The standard InChI is InChI=1S/C61H75FN6O16/c1-29-12-11-13-30(2)59(77)64-46-39(27-63-67-23-21-65(22-24-67)36-16-19-66(20-17-36)48-41(62)26-38-47(57(48)81-10)68(37-14-15-37)28-40(52(38)73)60(78)79)53(74)43-44(54(46)75)51(72)34(6)56-45(43)58(76)61(8,84-56)82-25-18-42(80-9)31(3)55(83-35(7)69)33(5)50(71)32(4)49(29)70/h11-13,18,25-29,31-33,36-37,42,49-50,55,70-72,74-75H,14-17,19-24H2,1-10H3,(H,64,77)(H,78,79)/t29-,31+,32+,33+,42-,49-,50+,55+,61-/m0/s1. The monoisotopic (exact) mass is 1170 g/mol. The molecule has 84 heavy (non-hydrogen) atoms. The number of hydrogen-bond donors (Lipinski definition) is 7. The molecule has 23 heteroatoms. The third kappa shape index (κ3) is 11.2. The average molecular weight is 1170 g/mol. The number of aliphatic hydroxyl groups is 2. The Morgan fingerprint density at radius 3 is 2.17 bits per heavy atom. The van der Waals surface area contributed by atoms with Crippen LogP contribution in [0, 0.1) is 36.4 Å². The number of piperidine rings is 1. The number of benzene rings is 3. The molecule has 1 aromatic heterocycles. The van der Waals surface area contributed by atoms with E-state index in [-0.39, 0.29) is 73.4 Å². The summed E-state index contributed by atoms with van der Waals surface area (Å²) in [7, 11) is 2.83. The van der Waals surface area contributed by atoms with Gasteiger partial charge >= 0.3 is 17.7 Å². The van der Waals surface area contributed by atoms with Gasteiger partial charge in [0.15, 0.2) is 17.3 Å². The third-order valence-corrected chi connectivity index (χ3v) is 17.5. The van der Waals surface area contributed by atoms with E-state index in [1.54, 1.807) is 49.4 Å². The number of piperazine rings is 1. The number of phenols is 3. The number of nitrogens with zero attached hydrogens (tertiary/aromatic N) is 5. The van der Waals surface area contributed by atoms with Crippen molar-refractivity contribution in [1.29, 1.82) is 0 Å². The molecule has 9 atom stereocenters. The number of carboxylic acids is 1. The van der Waals surface area contributed by atoms with Crippen LogP contribution in [0.25, 0.3) is 21.7 Å². The van der Waals surface area contributed by atoms with Gasteiger partial charge in [-0.25, -0.2) is 9.18 Å². The number of ketones is 1. The fourth-order valence-corrected chi connectivity index (χ4v) is 12.4. The van der Waals surface area contributed by atoms with Crippen molar-refractivity contribution in [2.75, 3.05) is 63.7 Å². The number of nitrogens with one attached hydrogen (secondary N) is 1. The minimum absolute atomic E-state index is 0.00944. The van der Waals surface area contributed by atoms with Gasteiger partial charge < -0.3 is 69.1 Å². The Morgan fingerprint density at radius 1 is 0.869 bits per heavy atom. The van der Waals surface area contributed by atoms with E-state index in [1.807, 2.05) is 4.90 Å². The van der Waals surface area contributed by atoms with Gasteiger partial charge in [-0.3, -0.25) is 29.1 Å². The largest absolute Gasteiger partial charge is 0.507 e. The van der Waals surface area contributed by atoms with Crippen LogP contribution >= 0.6 is 0 Å². The molecule has 452 valence electrons. The lowest BCUT2D eigenvalue weighted by molar-refractivity contribution is -0.160. The van der Waals surface area contributed by atoms with Crippen molar-refractivity contribution in [3.05, 3.63) is 86.7 Å². The number of carbonyl (C=O) groups excluding carboxylic acids is 3. The van der Waals surface area contributed by atoms with Crippen LogP contribution in [0.5, 0.6) is 28.7 Å². The van der Waals surface area contributed by atoms with Gasteiger partial charge in [0.05, 0.1) is 71.0 Å². The Hall–Kier alpha value is -7.73. The number of ether oxygens (including phenoxy) is 5. The number of allylic oxidation sites excluding steroid dienone is 2. The fourth-order valence-electron chi connectivity index (χ4n) is 12.4. The van der Waals surface area contributed by atoms with Crippen LogP contribution in [0.4, 0.5) is 15.8 Å². The molecule has 0 unspecified atom stereocenters. The zero-order valence-electron chi connectivity index (χ0n) is 48.8. The van der Waals surface area contributed by atoms with Crippen LogP contribution in [0.15, 0.2) is 58.3 Å². The second kappa shape index (κ2) is 24.1. The van der Waals surface area contributed by atoms with Crippen LogP contribution in [0.1, 0.15) is 112 Å². The Labute approximate surface area is 485 Å². The summed E-state index contributed by atoms with van der Waals surface area (Å²) in [4.78, 5) is 70.9. The molecule has 4 aromatic rings. The van der Waals surface area contributed by atoms with Crippen LogP contribution in [0.3, 0.4) is 0 Å². The van der Waals surface area contributed by atoms with Gasteiger partial charge in [-0.2, -0.15) is 5.10 Å². The first-order valence-electron chi connectivity index (χ1n) is 28.4. The number of esters is 1. The maximum atomic E-state index is 16.2. The SMILES string of the molecule is COc1c(N2CCC(N3CCN(N=Cc4c5c(O)c6c(O)c(C)c7c(c6c4O)C(=O)[C@@](C)(OC=C[C@H](OC)[C@@H](C)[C@@H](OC(C)=O)[C@H](C)[C@H](O)[C@H](C)[C@@H](O)[C@@H](C)C=CC=C(C)C(=O)N5)O7)CC3)CC2)c(F)cc2c(=O)c(C(=O)O)cn(C3CC3)c12. The highest BCUT2D eigenvalue weighted by Gasteiger charge is 2.50. The summed E-state index contributed by atoms with van der Waals surface area (Å²) in [6, 6.07) is 1.18. The molecule has 3 aromatic carbocycles. The number of halogens is 1. The van der Waals surface area contributed by atoms with Crippen LogP contribution < -0.4 is 25.1 Å². The first kappa shape index (κ1) is 60.8. The Bertz CT molecular complexity index is 3470. The predicted molar refractivity (Wildman–Crippen MR) is 310 cm³/mol. The van der Waals surface area contributed by atoms with Crippen LogP contribution in [-0.4, -0.2) is 165 Å². The Morgan fingerprint density at radius 2 is 1.55 bits per heavy atom. The minimum atomic E-state index is -2.12. The number of hydrogen-bond acceptors (Lipinski definition) is 19. The number of fused-ring (bicyclic) bond motifs is 15. The van der Waals surface area contributed by atoms with Crippen LogP contribution in [0.2, 0.25) is 0 Å². The smallest absolute Gasteiger partial charge is 0.341 e. The number of rotatable bonds is 9. The molecular weight excluding hydrogens is 1090 g/mol. The van der Waals surface area contributed by atoms with Gasteiger partial charge in [0.1, 0.15) is 34.6 Å². The van der Waals surface area contributed by atoms with Gasteiger partial charge in [0.2, 0.25) is 5.43 Å². The zero-order valence-corrected chi connectivity index (χ0v) is 48.8. The van der Waals surface area contributed by atoms with E-state index in [4.69, 9.17) is 28.8 Å². The number of aromatic hydroxyl groups is 3. The molecule has 0 spiro atoms. The van der Waals surface area contributed by atoms with Crippen molar-refractivity contribution in [3.8, 4) is 28.7 Å². The lowest BCUT2D eigenvalue weighted by Crippen LogP contribution is -2.52. The molecule has 3 fully saturated rings. The molecule has 1 amide bonds. The number of carboxylic acid groups (broad SMARTS) is 1. The van der Waals surface area contributed by atoms with E-state index >= 15 is 4.39 Å². The van der Waals surface area contributed by atoms with Crippen molar-refractivity contribution in [3.63, 3.8) is 0 Å². The number of aromatic carboxylic acids is 1. The molecule has 1 aliphatic carbocycles. The maximum Gasteiger partial charge on any atom is 0.341 e. The number of phenolic OH excluding ortho intramolecular Hbond substituents is 3. The van der Waals surface area contributed by atoms with Gasteiger partial charge in [-0.15, -0.1) is 0 Å². The molecule has 2 saturated heterocycles. The third-order valence-electron chi connectivity index (χ3n) is 17.5. The molecule has 5 bridgehead atoms. The lowest BCUT2D eigenvalue weighted by Gasteiger charge is -2.43. The van der Waals surface area contributed by atoms with Crippen molar-refractivity contribution in [2.24, 2.45) is 28.8 Å². The van der Waals surface area contributed by atoms with Crippen molar-refractivity contribution in [1.82, 2.24) is 14.5 Å². The van der Waals surface area contributed by atoms with Gasteiger partial charge in [0, 0.05) is 119 Å². The summed E-state index contributed by atoms with van der Waals surface area (Å²) in [6.45, 7) is 15.2. The number of anilines is 2. The van der Waals surface area contributed by atoms with E-state index in [0.717, 1.165) is 18.9 Å². The number of amides is 1. The highest BCUT2D eigenvalue weighted by molar-refractivity contribution is 6.24. The molecule has 7 N–H and O–H groups in total. The van der Waals surface area contributed by atoms with Gasteiger partial charge in [-0.1, -0.05) is 45.9 Å². The molecule has 1 saturated carbocycles. The molecule has 6 aliphatic rings. The Kier molecular flexibility index (Phi) is 17.5. The quantitative estimate of drug-likeness (QED) is 0.0389. The van der Waals surface area contributed by atoms with E-state index in [9.17, 15) is 54.6 Å². The highest BCUT2D eigenvalue weighted by Crippen LogP contribution is 2.55. The summed E-state index contributed by atoms with van der Waals surface area (Å²) in [6.07, 6.45) is 8.75. The molecule has 6 heterocycles. The van der Waals surface area contributed by atoms with E-state index < -0.39 is 112 Å². The van der Waals surface area contributed by atoms with E-state index in [2.05, 4.69) is 10.2 Å². The highest BCUT2D eigenvalue weighted by atomic mass is 19.1. The van der Waals surface area contributed by atoms with Crippen LogP contribution in [-0.2, 0) is 23.8 Å². The lowest BCUT2D eigenvalue weighted by atomic mass is 9.78. The fraction of sp³-hybridized carbons (Fsp3) is 0.508. The average Bonchev–Trinajstić information content (AvgIpc) is 1.55. The summed E-state index contributed by atoms with van der Waals surface area (Å²) >= 11 is 0. The molecular formula is C61H75FN6O16. The molecule has 22 nitrogen and oxygen atoms in total. The molecule has 0 radical (unpaired) electrons. The second-order valence-corrected chi connectivity index (χ2v) is 23.0. The first-order chi connectivity index (χ1) is 39.8. The second-order valence-electron chi connectivity index (χ2n) is 23.0. The number of carbonyl (C=O) groups is 4. The van der Waals surface area contributed by atoms with E-state index in [0.29, 0.717) is 57.6 Å². The van der Waals surface area contributed by atoms with Crippen molar-refractivity contribution < 1.29 is 77.9 Å². The summed E-state index contributed by atoms with van der Waals surface area (Å²) < 4.78 is 47.6. The molecule has 5 aliphatic heterocycles. The zero-order chi connectivity index (χ0) is 61.0. The number of hydrazone groups is 1. The predicted octanol–water partition coefficient (Wildman–Crippen LogP) is 6.87. The summed E-state index contributed by atoms with van der Waals surface area (Å²) in [5.74, 6) is -10.9. The summed E-state index contributed by atoms with van der Waals surface area (Å²) in [5.41, 5.74) is -1.28. The molecule has 10 rings (SSSR count). The maximum absolute atomic E-state index is 16.2. The van der Waals surface area contributed by atoms with Gasteiger partial charge in [-0.05, 0) is 51.7 Å². The van der Waals surface area contributed by atoms with Crippen molar-refractivity contribution >= 4 is 62.9 Å². The minimum Gasteiger partial charge on any atom is -0.507 e. The van der Waals surface area contributed by atoms with Crippen molar-refractivity contribution in [2.45, 2.75) is 123 Å². The number of Topliss-reactive ketones (excluding diaryl/α,β-unsaturated/α-hetero) is 1. The normalized spacial score (nSPS) is 26.9. The van der Waals surface area contributed by atoms with Gasteiger partial charge in [0.25, 0.3) is 11.7 Å². The Balaban J connectivity index is 1.01. The first-order valence-corrected chi connectivity index (χ1v) is 28.4. The number of aliphatic hydroxyl groups excluding tert-OH is 2. The topological polar surface area (TPSA) is 292 Å². The number of aromatic nitrogens is 1. The number of methoxy groups -OCH3 is 2. The van der Waals surface area contributed by atoms with E-state index in [1.165, 1.54) is 72.7 Å².